The van der Waals surface area contributed by atoms with Crippen LogP contribution >= 0.6 is 11.3 Å². The number of nitrogens with zero attached hydrogens (tertiary/aromatic N) is 3. The second-order valence-electron chi connectivity index (χ2n) is 9.64. The van der Waals surface area contributed by atoms with Gasteiger partial charge >= 0.3 is 0 Å². The molecule has 0 bridgehead atoms. The van der Waals surface area contributed by atoms with Crippen LogP contribution in [0, 0.1) is 0 Å². The van der Waals surface area contributed by atoms with Crippen molar-refractivity contribution < 1.29 is 14.3 Å². The Kier molecular flexibility index (Phi) is 7.63. The lowest BCUT2D eigenvalue weighted by Gasteiger charge is -2.27. The quantitative estimate of drug-likeness (QED) is 0.311. The number of carbonyl (C=O) groups excluding carboxylic acids is 1. The van der Waals surface area contributed by atoms with Crippen molar-refractivity contribution in [3.8, 4) is 11.5 Å². The molecule has 4 aromatic rings. The summed E-state index contributed by atoms with van der Waals surface area (Å²) in [7, 11) is 3.24. The molecule has 1 unspecified atom stereocenters. The second kappa shape index (κ2) is 11.1. The summed E-state index contributed by atoms with van der Waals surface area (Å²) in [6.45, 7) is 9.34. The Labute approximate surface area is 237 Å². The number of anilines is 1. The molecule has 0 amide bonds. The molecular weight excluding hydrogens is 522 g/mol. The molecule has 5 rings (SSSR count). The van der Waals surface area contributed by atoms with Crippen molar-refractivity contribution in [1.29, 1.82) is 0 Å². The average Bonchev–Trinajstić information content (AvgIpc) is 3.26. The molecule has 0 saturated heterocycles. The van der Waals surface area contributed by atoms with Gasteiger partial charge in [0.05, 0.1) is 24.8 Å². The van der Waals surface area contributed by atoms with E-state index in [2.05, 4.69) is 18.7 Å². The van der Waals surface area contributed by atoms with Crippen LogP contribution in [0.5, 0.6) is 11.5 Å². The molecule has 8 heteroatoms. The smallest absolute Gasteiger partial charge is 0.271 e. The number of rotatable bonds is 8. The van der Waals surface area contributed by atoms with E-state index in [1.807, 2.05) is 67.6 Å². The number of ketones is 1. The third-order valence-electron chi connectivity index (χ3n) is 7.46. The number of ether oxygens (including phenoxy) is 2. The maximum Gasteiger partial charge on any atom is 0.271 e. The highest BCUT2D eigenvalue weighted by Crippen LogP contribution is 2.40. The Bertz CT molecular complexity index is 1830. The third kappa shape index (κ3) is 4.62. The van der Waals surface area contributed by atoms with Gasteiger partial charge < -0.3 is 14.4 Å². The van der Waals surface area contributed by atoms with Crippen LogP contribution in [0.4, 0.5) is 5.69 Å². The van der Waals surface area contributed by atoms with E-state index in [-0.39, 0.29) is 11.3 Å². The number of Topliss-reactive ketones (excluding diaryl/α,β-unsaturated/α-hetero) is 1. The first kappa shape index (κ1) is 27.4. The molecule has 0 fully saturated rings. The van der Waals surface area contributed by atoms with E-state index in [4.69, 9.17) is 14.5 Å². The van der Waals surface area contributed by atoms with Crippen LogP contribution in [0.25, 0.3) is 16.8 Å². The molecule has 40 heavy (non-hydrogen) atoms. The number of thiazole rings is 1. The molecule has 206 valence electrons. The van der Waals surface area contributed by atoms with Gasteiger partial charge in [-0.1, -0.05) is 41.7 Å². The van der Waals surface area contributed by atoms with E-state index in [1.54, 1.807) is 18.8 Å². The molecule has 2 heterocycles. The molecule has 0 spiro atoms. The lowest BCUT2D eigenvalue weighted by Crippen LogP contribution is -2.39. The standard InChI is InChI=1S/C32H33N3O4S/c1-7-34(8-2)23-15-13-22(26(18-23)39-6)17-27-31(37)35-30(28(20(4)36)19(3)33-32(35)40-27)29-24-12-10-9-11-21(24)14-16-25(29)38-5/h9-18,30H,7-8H2,1-6H3/b27-17+. The van der Waals surface area contributed by atoms with E-state index < -0.39 is 6.04 Å². The average molecular weight is 556 g/mol. The summed E-state index contributed by atoms with van der Waals surface area (Å²) < 4.78 is 13.7. The Hall–Kier alpha value is -4.17. The van der Waals surface area contributed by atoms with Crippen LogP contribution in [0.3, 0.4) is 0 Å². The molecule has 1 aromatic heterocycles. The van der Waals surface area contributed by atoms with Crippen molar-refractivity contribution in [2.24, 2.45) is 4.99 Å². The van der Waals surface area contributed by atoms with Gasteiger partial charge in [0.1, 0.15) is 11.5 Å². The highest BCUT2D eigenvalue weighted by atomic mass is 32.1. The SMILES string of the molecule is CCN(CC)c1ccc(/C=c2/sc3n(c2=O)C(c2c(OC)ccc4ccccc24)C(C(C)=O)=C(C)N=3)c(OC)c1. The van der Waals surface area contributed by atoms with Crippen molar-refractivity contribution >= 4 is 39.7 Å². The maximum atomic E-state index is 14.1. The fourth-order valence-electron chi connectivity index (χ4n) is 5.53. The fourth-order valence-corrected chi connectivity index (χ4v) is 6.56. The van der Waals surface area contributed by atoms with Gasteiger partial charge in [0.15, 0.2) is 10.6 Å². The van der Waals surface area contributed by atoms with E-state index in [0.717, 1.165) is 40.7 Å². The first-order valence-electron chi connectivity index (χ1n) is 13.3. The highest BCUT2D eigenvalue weighted by Gasteiger charge is 2.33. The maximum absolute atomic E-state index is 14.1. The monoisotopic (exact) mass is 555 g/mol. The number of carbonyl (C=O) groups is 1. The summed E-state index contributed by atoms with van der Waals surface area (Å²) >= 11 is 1.31. The molecule has 0 N–H and O–H groups in total. The van der Waals surface area contributed by atoms with Gasteiger partial charge in [0.2, 0.25) is 0 Å². The Morgan fingerprint density at radius 3 is 2.45 bits per heavy atom. The van der Waals surface area contributed by atoms with Crippen LogP contribution in [-0.4, -0.2) is 37.7 Å². The minimum absolute atomic E-state index is 0.135. The van der Waals surface area contributed by atoms with Crippen molar-refractivity contribution in [3.63, 3.8) is 0 Å². The first-order valence-corrected chi connectivity index (χ1v) is 14.2. The van der Waals surface area contributed by atoms with Gasteiger partial charge in [-0.15, -0.1) is 0 Å². The Morgan fingerprint density at radius 1 is 1.05 bits per heavy atom. The molecule has 1 aliphatic heterocycles. The van der Waals surface area contributed by atoms with Crippen LogP contribution in [0.1, 0.15) is 44.9 Å². The number of allylic oxidation sites excluding steroid dienone is 2. The summed E-state index contributed by atoms with van der Waals surface area (Å²) in [6, 6.07) is 17.1. The van der Waals surface area contributed by atoms with Crippen LogP contribution in [0.15, 0.2) is 75.7 Å². The number of fused-ring (bicyclic) bond motifs is 2. The van der Waals surface area contributed by atoms with Crippen LogP contribution in [-0.2, 0) is 4.79 Å². The van der Waals surface area contributed by atoms with Crippen molar-refractivity contribution in [2.75, 3.05) is 32.2 Å². The topological polar surface area (TPSA) is 73.1 Å². The van der Waals surface area contributed by atoms with Gasteiger partial charge in [-0.25, -0.2) is 4.99 Å². The number of hydrogen-bond acceptors (Lipinski definition) is 7. The molecule has 1 aliphatic rings. The Balaban J connectivity index is 1.77. The number of hydrogen-bond donors (Lipinski definition) is 0. The van der Waals surface area contributed by atoms with Crippen LogP contribution < -0.4 is 29.3 Å². The predicted octanol–water partition coefficient (Wildman–Crippen LogP) is 4.84. The molecule has 0 aliphatic carbocycles. The van der Waals surface area contributed by atoms with Crippen molar-refractivity contribution in [3.05, 3.63) is 96.7 Å². The van der Waals surface area contributed by atoms with E-state index >= 15 is 0 Å². The molecular formula is C32H33N3O4S. The zero-order valence-corrected chi connectivity index (χ0v) is 24.5. The molecule has 1 atom stereocenters. The fraction of sp³-hybridized carbons (Fsp3) is 0.281. The summed E-state index contributed by atoms with van der Waals surface area (Å²) in [4.78, 5) is 34.7. The van der Waals surface area contributed by atoms with Gasteiger partial charge in [-0.2, -0.15) is 0 Å². The summed E-state index contributed by atoms with van der Waals surface area (Å²) in [5.74, 6) is 1.16. The number of aromatic nitrogens is 1. The molecule has 0 radical (unpaired) electrons. The summed E-state index contributed by atoms with van der Waals surface area (Å²) in [6.07, 6.45) is 1.85. The normalized spacial score (nSPS) is 15.2. The highest BCUT2D eigenvalue weighted by molar-refractivity contribution is 7.07. The predicted molar refractivity (Wildman–Crippen MR) is 162 cm³/mol. The second-order valence-corrected chi connectivity index (χ2v) is 10.6. The largest absolute Gasteiger partial charge is 0.496 e. The van der Waals surface area contributed by atoms with E-state index in [0.29, 0.717) is 32.1 Å². The minimum Gasteiger partial charge on any atom is -0.496 e. The lowest BCUT2D eigenvalue weighted by atomic mass is 9.89. The Morgan fingerprint density at radius 2 is 1.77 bits per heavy atom. The van der Waals surface area contributed by atoms with Gasteiger partial charge in [-0.3, -0.25) is 14.2 Å². The van der Waals surface area contributed by atoms with E-state index in [1.165, 1.54) is 18.3 Å². The van der Waals surface area contributed by atoms with Gasteiger partial charge in [0.25, 0.3) is 5.56 Å². The first-order chi connectivity index (χ1) is 19.3. The lowest BCUT2D eigenvalue weighted by molar-refractivity contribution is -0.114. The molecule has 0 saturated carbocycles. The zero-order chi connectivity index (χ0) is 28.6. The summed E-state index contributed by atoms with van der Waals surface area (Å²) in [5, 5.41) is 1.92. The van der Waals surface area contributed by atoms with Crippen LogP contribution in [0.2, 0.25) is 0 Å². The van der Waals surface area contributed by atoms with Crippen molar-refractivity contribution in [1.82, 2.24) is 4.57 Å². The third-order valence-corrected chi connectivity index (χ3v) is 8.44. The number of benzene rings is 3. The minimum atomic E-state index is -0.677. The van der Waals surface area contributed by atoms with Gasteiger partial charge in [-0.05, 0) is 62.7 Å². The van der Waals surface area contributed by atoms with E-state index in [9.17, 15) is 9.59 Å². The van der Waals surface area contributed by atoms with Crippen molar-refractivity contribution in [2.45, 2.75) is 33.7 Å². The summed E-state index contributed by atoms with van der Waals surface area (Å²) in [5.41, 5.74) is 3.49. The zero-order valence-electron chi connectivity index (χ0n) is 23.6. The molecule has 3 aromatic carbocycles. The van der Waals surface area contributed by atoms with Gasteiger partial charge in [0, 0.05) is 47.2 Å². The number of methoxy groups -OCH3 is 2. The molecule has 7 nitrogen and oxygen atoms in total.